The van der Waals surface area contributed by atoms with Crippen molar-refractivity contribution in [3.63, 3.8) is 0 Å². The second-order valence-electron chi connectivity index (χ2n) is 4.47. The number of nitrogens with one attached hydrogen (secondary N) is 1. The smallest absolute Gasteiger partial charge is 0.224 e. The van der Waals surface area contributed by atoms with Gasteiger partial charge in [0, 0.05) is 39.1 Å². The Balaban J connectivity index is 1.80. The molecule has 0 aromatic carbocycles. The van der Waals surface area contributed by atoms with E-state index < -0.39 is 0 Å². The van der Waals surface area contributed by atoms with Crippen molar-refractivity contribution in [2.24, 2.45) is 0 Å². The predicted molar refractivity (Wildman–Crippen MR) is 67.3 cm³/mol. The Kier molecular flexibility index (Phi) is 4.28. The summed E-state index contributed by atoms with van der Waals surface area (Å²) in [4.78, 5) is 10.7. The molecule has 1 saturated heterocycles. The highest BCUT2D eigenvalue weighted by Crippen LogP contribution is 2.08. The largest absolute Gasteiger partial charge is 0.376 e. The molecule has 1 aromatic heterocycles. The van der Waals surface area contributed by atoms with E-state index in [0.29, 0.717) is 6.10 Å². The van der Waals surface area contributed by atoms with Gasteiger partial charge in [-0.05, 0) is 18.9 Å². The SMILES string of the molecule is Cc1cnc(N(C)CCC2CNCCO2)nc1. The van der Waals surface area contributed by atoms with Crippen LogP contribution in [0.5, 0.6) is 0 Å². The van der Waals surface area contributed by atoms with Crippen LogP contribution in [0, 0.1) is 6.92 Å². The summed E-state index contributed by atoms with van der Waals surface area (Å²) in [5.41, 5.74) is 1.09. The third kappa shape index (κ3) is 3.64. The fourth-order valence-corrected chi connectivity index (χ4v) is 1.83. The maximum Gasteiger partial charge on any atom is 0.224 e. The minimum absolute atomic E-state index is 0.316. The summed E-state index contributed by atoms with van der Waals surface area (Å²) >= 11 is 0. The van der Waals surface area contributed by atoms with Gasteiger partial charge in [-0.15, -0.1) is 0 Å². The topological polar surface area (TPSA) is 50.3 Å². The summed E-state index contributed by atoms with van der Waals surface area (Å²) in [7, 11) is 2.01. The Morgan fingerprint density at radius 1 is 1.47 bits per heavy atom. The number of hydrogen-bond acceptors (Lipinski definition) is 5. The number of hydrogen-bond donors (Lipinski definition) is 1. The van der Waals surface area contributed by atoms with Gasteiger partial charge in [-0.2, -0.15) is 0 Å². The molecule has 0 bridgehead atoms. The molecule has 17 heavy (non-hydrogen) atoms. The fourth-order valence-electron chi connectivity index (χ4n) is 1.83. The molecule has 1 aliphatic rings. The molecule has 0 spiro atoms. The van der Waals surface area contributed by atoms with Gasteiger partial charge in [0.2, 0.25) is 5.95 Å². The zero-order valence-corrected chi connectivity index (χ0v) is 10.5. The first kappa shape index (κ1) is 12.3. The van der Waals surface area contributed by atoms with Crippen LogP contribution in [0.3, 0.4) is 0 Å². The van der Waals surface area contributed by atoms with E-state index in [-0.39, 0.29) is 0 Å². The van der Waals surface area contributed by atoms with Gasteiger partial charge in [0.15, 0.2) is 0 Å². The van der Waals surface area contributed by atoms with Crippen molar-refractivity contribution in [1.29, 1.82) is 0 Å². The molecule has 5 nitrogen and oxygen atoms in total. The standard InChI is InChI=1S/C12H20N4O/c1-10-7-14-12(15-8-10)16(2)5-3-11-9-13-4-6-17-11/h7-8,11,13H,3-6,9H2,1-2H3. The Morgan fingerprint density at radius 2 is 2.24 bits per heavy atom. The molecule has 1 aromatic rings. The summed E-state index contributed by atoms with van der Waals surface area (Å²) in [6.07, 6.45) is 5.01. The van der Waals surface area contributed by atoms with Gasteiger partial charge in [0.1, 0.15) is 0 Å². The van der Waals surface area contributed by atoms with E-state index in [1.54, 1.807) is 0 Å². The lowest BCUT2D eigenvalue weighted by Crippen LogP contribution is -2.40. The summed E-state index contributed by atoms with van der Waals surface area (Å²) in [5, 5.41) is 3.33. The van der Waals surface area contributed by atoms with Crippen LogP contribution in [-0.4, -0.2) is 49.4 Å². The zero-order valence-electron chi connectivity index (χ0n) is 10.5. The van der Waals surface area contributed by atoms with Crippen molar-refractivity contribution in [2.45, 2.75) is 19.4 Å². The van der Waals surface area contributed by atoms with Crippen LogP contribution in [0.2, 0.25) is 0 Å². The Bertz CT molecular complexity index is 335. The highest BCUT2D eigenvalue weighted by molar-refractivity contribution is 5.27. The average molecular weight is 236 g/mol. The van der Waals surface area contributed by atoms with Gasteiger partial charge < -0.3 is 15.0 Å². The van der Waals surface area contributed by atoms with Crippen molar-refractivity contribution in [2.75, 3.05) is 38.2 Å². The van der Waals surface area contributed by atoms with Gasteiger partial charge >= 0.3 is 0 Å². The van der Waals surface area contributed by atoms with E-state index >= 15 is 0 Å². The van der Waals surface area contributed by atoms with Gasteiger partial charge in [0.05, 0.1) is 12.7 Å². The monoisotopic (exact) mass is 236 g/mol. The van der Waals surface area contributed by atoms with Crippen molar-refractivity contribution in [3.8, 4) is 0 Å². The molecule has 1 fully saturated rings. The molecule has 1 N–H and O–H groups in total. The maximum atomic E-state index is 5.65. The number of aromatic nitrogens is 2. The number of ether oxygens (including phenoxy) is 1. The van der Waals surface area contributed by atoms with Crippen molar-refractivity contribution in [1.82, 2.24) is 15.3 Å². The molecule has 5 heteroatoms. The van der Waals surface area contributed by atoms with Gasteiger partial charge in [0.25, 0.3) is 0 Å². The molecule has 0 amide bonds. The highest BCUT2D eigenvalue weighted by Gasteiger charge is 2.14. The molecular formula is C12H20N4O. The second-order valence-corrected chi connectivity index (χ2v) is 4.47. The van der Waals surface area contributed by atoms with E-state index in [2.05, 4.69) is 20.2 Å². The fraction of sp³-hybridized carbons (Fsp3) is 0.667. The number of rotatable bonds is 4. The summed E-state index contributed by atoms with van der Waals surface area (Å²) in [6, 6.07) is 0. The van der Waals surface area contributed by atoms with Gasteiger partial charge in [-0.1, -0.05) is 0 Å². The molecule has 1 aliphatic heterocycles. The maximum absolute atomic E-state index is 5.65. The minimum atomic E-state index is 0.316. The Labute approximate surface area is 102 Å². The zero-order chi connectivity index (χ0) is 12.1. The van der Waals surface area contributed by atoms with E-state index in [9.17, 15) is 0 Å². The summed E-state index contributed by atoms with van der Waals surface area (Å²) in [5.74, 6) is 0.777. The van der Waals surface area contributed by atoms with Crippen LogP contribution >= 0.6 is 0 Å². The highest BCUT2D eigenvalue weighted by atomic mass is 16.5. The number of aryl methyl sites for hydroxylation is 1. The van der Waals surface area contributed by atoms with Crippen LogP contribution in [0.1, 0.15) is 12.0 Å². The molecule has 1 atom stereocenters. The third-order valence-electron chi connectivity index (χ3n) is 2.90. The van der Waals surface area contributed by atoms with E-state index in [1.807, 2.05) is 26.4 Å². The lowest BCUT2D eigenvalue weighted by atomic mass is 10.2. The van der Waals surface area contributed by atoms with Crippen LogP contribution in [0.25, 0.3) is 0 Å². The van der Waals surface area contributed by atoms with E-state index in [0.717, 1.165) is 44.2 Å². The van der Waals surface area contributed by atoms with Crippen molar-refractivity contribution >= 4 is 5.95 Å². The number of nitrogens with zero attached hydrogens (tertiary/aromatic N) is 3. The summed E-state index contributed by atoms with van der Waals surface area (Å²) in [6.45, 7) is 5.63. The van der Waals surface area contributed by atoms with Crippen LogP contribution < -0.4 is 10.2 Å². The number of morpholine rings is 1. The molecule has 2 heterocycles. The minimum Gasteiger partial charge on any atom is -0.376 e. The first-order valence-electron chi connectivity index (χ1n) is 6.08. The van der Waals surface area contributed by atoms with Crippen LogP contribution in [0.4, 0.5) is 5.95 Å². The number of anilines is 1. The second kappa shape index (κ2) is 5.93. The Morgan fingerprint density at radius 3 is 2.88 bits per heavy atom. The quantitative estimate of drug-likeness (QED) is 0.829. The predicted octanol–water partition coefficient (Wildman–Crippen LogP) is 0.600. The first-order valence-corrected chi connectivity index (χ1v) is 6.08. The molecule has 1 unspecified atom stereocenters. The van der Waals surface area contributed by atoms with Gasteiger partial charge in [-0.25, -0.2) is 9.97 Å². The Hall–Kier alpha value is -1.20. The summed E-state index contributed by atoms with van der Waals surface area (Å²) < 4.78 is 5.65. The molecule has 0 radical (unpaired) electrons. The molecule has 94 valence electrons. The van der Waals surface area contributed by atoms with E-state index in [1.165, 1.54) is 0 Å². The van der Waals surface area contributed by atoms with Crippen LogP contribution in [0.15, 0.2) is 12.4 Å². The first-order chi connectivity index (χ1) is 8.25. The molecule has 0 aliphatic carbocycles. The molecule has 0 saturated carbocycles. The lowest BCUT2D eigenvalue weighted by Gasteiger charge is -2.25. The van der Waals surface area contributed by atoms with Crippen LogP contribution in [-0.2, 0) is 4.74 Å². The normalized spacial score (nSPS) is 20.2. The third-order valence-corrected chi connectivity index (χ3v) is 2.90. The lowest BCUT2D eigenvalue weighted by molar-refractivity contribution is 0.0250. The average Bonchev–Trinajstić information content (AvgIpc) is 2.38. The van der Waals surface area contributed by atoms with Crippen molar-refractivity contribution in [3.05, 3.63) is 18.0 Å². The van der Waals surface area contributed by atoms with Crippen molar-refractivity contribution < 1.29 is 4.74 Å². The van der Waals surface area contributed by atoms with Gasteiger partial charge in [-0.3, -0.25) is 0 Å². The molecular weight excluding hydrogens is 216 g/mol. The van der Waals surface area contributed by atoms with E-state index in [4.69, 9.17) is 4.74 Å². The molecule has 2 rings (SSSR count).